The highest BCUT2D eigenvalue weighted by Gasteiger charge is 2.28. The molecule has 1 amide bonds. The first-order valence-corrected chi connectivity index (χ1v) is 12.1. The molecular formula is C26H32N2OS. The van der Waals surface area contributed by atoms with E-state index in [-0.39, 0.29) is 11.9 Å². The maximum absolute atomic E-state index is 13.0. The minimum Gasteiger partial charge on any atom is -0.349 e. The molecular weight excluding hydrogens is 388 g/mol. The lowest BCUT2D eigenvalue weighted by atomic mass is 9.78. The van der Waals surface area contributed by atoms with E-state index in [1.54, 1.807) is 11.8 Å². The van der Waals surface area contributed by atoms with Gasteiger partial charge in [-0.1, -0.05) is 63.4 Å². The minimum absolute atomic E-state index is 0.0265. The molecule has 0 radical (unpaired) electrons. The van der Waals surface area contributed by atoms with E-state index in [1.807, 2.05) is 12.1 Å². The van der Waals surface area contributed by atoms with Crippen molar-refractivity contribution in [2.75, 3.05) is 0 Å². The predicted molar refractivity (Wildman–Crippen MR) is 126 cm³/mol. The Morgan fingerprint density at radius 2 is 1.93 bits per heavy atom. The maximum atomic E-state index is 13.0. The van der Waals surface area contributed by atoms with Crippen LogP contribution in [-0.2, 0) is 0 Å². The minimum atomic E-state index is 0.0265. The molecule has 1 saturated carbocycles. The summed E-state index contributed by atoms with van der Waals surface area (Å²) < 4.78 is 0. The van der Waals surface area contributed by atoms with Crippen molar-refractivity contribution in [1.29, 1.82) is 0 Å². The van der Waals surface area contributed by atoms with Crippen LogP contribution < -0.4 is 5.32 Å². The van der Waals surface area contributed by atoms with Crippen LogP contribution in [0.4, 0.5) is 5.69 Å². The first-order chi connectivity index (χ1) is 14.5. The highest BCUT2D eigenvalue weighted by Crippen LogP contribution is 2.41. The fourth-order valence-electron chi connectivity index (χ4n) is 4.58. The molecule has 2 aromatic rings. The van der Waals surface area contributed by atoms with Gasteiger partial charge in [0.1, 0.15) is 0 Å². The number of aryl methyl sites for hydroxylation is 1. The molecule has 4 rings (SSSR count). The number of carbonyl (C=O) groups excluding carboxylic acids is 1. The van der Waals surface area contributed by atoms with Crippen LogP contribution in [0.5, 0.6) is 0 Å². The third-order valence-corrected chi connectivity index (χ3v) is 7.79. The molecule has 30 heavy (non-hydrogen) atoms. The predicted octanol–water partition coefficient (Wildman–Crippen LogP) is 6.94. The van der Waals surface area contributed by atoms with Gasteiger partial charge < -0.3 is 5.32 Å². The second-order valence-electron chi connectivity index (χ2n) is 8.94. The Hall–Kier alpha value is -2.07. The first kappa shape index (κ1) is 21.2. The average Bonchev–Trinajstić information content (AvgIpc) is 2.87. The van der Waals surface area contributed by atoms with E-state index in [9.17, 15) is 4.79 Å². The number of benzene rings is 2. The largest absolute Gasteiger partial charge is 0.349 e. The average molecular weight is 421 g/mol. The van der Waals surface area contributed by atoms with Crippen molar-refractivity contribution in [3.63, 3.8) is 0 Å². The Balaban J connectivity index is 1.64. The van der Waals surface area contributed by atoms with E-state index in [1.165, 1.54) is 28.9 Å². The van der Waals surface area contributed by atoms with Gasteiger partial charge in [0.25, 0.3) is 5.91 Å². The van der Waals surface area contributed by atoms with Gasteiger partial charge in [0, 0.05) is 32.7 Å². The summed E-state index contributed by atoms with van der Waals surface area (Å²) in [4.78, 5) is 20.4. The summed E-state index contributed by atoms with van der Waals surface area (Å²) in [5, 5.41) is 3.30. The zero-order valence-electron chi connectivity index (χ0n) is 18.5. The molecule has 2 aliphatic rings. The molecule has 1 N–H and O–H groups in total. The summed E-state index contributed by atoms with van der Waals surface area (Å²) in [5.41, 5.74) is 5.22. The molecule has 1 heterocycles. The number of rotatable bonds is 4. The summed E-state index contributed by atoms with van der Waals surface area (Å²) in [7, 11) is 0. The number of amides is 1. The molecule has 3 nitrogen and oxygen atoms in total. The number of hydrogen-bond donors (Lipinski definition) is 1. The van der Waals surface area contributed by atoms with Crippen LogP contribution in [0.25, 0.3) is 0 Å². The van der Waals surface area contributed by atoms with Crippen molar-refractivity contribution >= 4 is 29.1 Å². The Morgan fingerprint density at radius 1 is 1.13 bits per heavy atom. The van der Waals surface area contributed by atoms with Gasteiger partial charge in [0.15, 0.2) is 0 Å². The van der Waals surface area contributed by atoms with E-state index >= 15 is 0 Å². The summed E-state index contributed by atoms with van der Waals surface area (Å²) in [6.07, 6.45) is 5.51. The second kappa shape index (κ2) is 8.97. The van der Waals surface area contributed by atoms with Crippen LogP contribution in [0.1, 0.15) is 74.4 Å². The van der Waals surface area contributed by atoms with Crippen molar-refractivity contribution in [2.24, 2.45) is 16.8 Å². The summed E-state index contributed by atoms with van der Waals surface area (Å²) in [5.74, 6) is 1.21. The molecule has 158 valence electrons. The normalized spacial score (nSPS) is 23.1. The van der Waals surface area contributed by atoms with Crippen molar-refractivity contribution in [3.8, 4) is 0 Å². The monoisotopic (exact) mass is 420 g/mol. The zero-order chi connectivity index (χ0) is 21.3. The van der Waals surface area contributed by atoms with E-state index < -0.39 is 0 Å². The first-order valence-electron chi connectivity index (χ1n) is 11.3. The molecule has 0 unspecified atom stereocenters. The SMILES string of the molecule is CCCC1=Nc2cc(C(=O)N[C@@H]3CCC[C@H](C)[C@H]3C)ccc2Sc2ccc(C)cc21. The lowest BCUT2D eigenvalue weighted by molar-refractivity contribution is 0.0891. The Bertz CT molecular complexity index is 981. The van der Waals surface area contributed by atoms with E-state index in [2.05, 4.69) is 57.3 Å². The molecule has 0 spiro atoms. The number of aliphatic imine (C=N–C) groups is 1. The van der Waals surface area contributed by atoms with Crippen LogP contribution in [0.3, 0.4) is 0 Å². The molecule has 0 saturated heterocycles. The molecule has 0 aromatic heterocycles. The van der Waals surface area contributed by atoms with Gasteiger partial charge in [-0.15, -0.1) is 0 Å². The van der Waals surface area contributed by atoms with Gasteiger partial charge in [-0.2, -0.15) is 0 Å². The van der Waals surface area contributed by atoms with Gasteiger partial charge >= 0.3 is 0 Å². The molecule has 2 aromatic carbocycles. The number of nitrogens with zero attached hydrogens (tertiary/aromatic N) is 1. The summed E-state index contributed by atoms with van der Waals surface area (Å²) in [6, 6.07) is 12.8. The van der Waals surface area contributed by atoms with Crippen LogP contribution >= 0.6 is 11.8 Å². The Kier molecular flexibility index (Phi) is 6.33. The fourth-order valence-corrected chi connectivity index (χ4v) is 5.58. The smallest absolute Gasteiger partial charge is 0.251 e. The molecule has 1 aliphatic carbocycles. The van der Waals surface area contributed by atoms with Crippen LogP contribution in [-0.4, -0.2) is 17.7 Å². The Labute approximate surface area is 184 Å². The molecule has 3 atom stereocenters. The summed E-state index contributed by atoms with van der Waals surface area (Å²) >= 11 is 1.75. The third kappa shape index (κ3) is 4.34. The number of fused-ring (bicyclic) bond motifs is 2. The molecule has 1 aliphatic heterocycles. The van der Waals surface area contributed by atoms with E-state index in [0.29, 0.717) is 17.4 Å². The van der Waals surface area contributed by atoms with Crippen LogP contribution in [0.15, 0.2) is 51.2 Å². The van der Waals surface area contributed by atoms with Gasteiger partial charge in [-0.05, 0) is 61.9 Å². The molecule has 0 bridgehead atoms. The van der Waals surface area contributed by atoms with Gasteiger partial charge in [-0.25, -0.2) is 0 Å². The standard InChI is InChI=1S/C26H32N2OS/c1-5-7-22-20-14-16(2)10-12-24(20)30-25-13-11-19(15-23(25)27-22)26(29)28-21-9-6-8-17(3)18(21)4/h10-15,17-18,21H,5-9H2,1-4H3,(H,28,29)/t17-,18+,21+/m0/s1. The van der Waals surface area contributed by atoms with Gasteiger partial charge in [0.2, 0.25) is 0 Å². The fraction of sp³-hybridized carbons (Fsp3) is 0.462. The number of hydrogen-bond acceptors (Lipinski definition) is 3. The maximum Gasteiger partial charge on any atom is 0.251 e. The highest BCUT2D eigenvalue weighted by molar-refractivity contribution is 7.99. The van der Waals surface area contributed by atoms with Gasteiger partial charge in [0.05, 0.1) is 5.69 Å². The van der Waals surface area contributed by atoms with Crippen molar-refractivity contribution in [3.05, 3.63) is 53.1 Å². The number of carbonyl (C=O) groups is 1. The molecule has 1 fully saturated rings. The lowest BCUT2D eigenvalue weighted by Crippen LogP contribution is -2.43. The van der Waals surface area contributed by atoms with Crippen molar-refractivity contribution in [1.82, 2.24) is 5.32 Å². The molecule has 4 heteroatoms. The van der Waals surface area contributed by atoms with E-state index in [4.69, 9.17) is 4.99 Å². The highest BCUT2D eigenvalue weighted by atomic mass is 32.2. The van der Waals surface area contributed by atoms with Crippen LogP contribution in [0.2, 0.25) is 0 Å². The van der Waals surface area contributed by atoms with Gasteiger partial charge in [-0.3, -0.25) is 9.79 Å². The Morgan fingerprint density at radius 3 is 2.73 bits per heavy atom. The summed E-state index contributed by atoms with van der Waals surface area (Å²) in [6.45, 7) is 8.88. The van der Waals surface area contributed by atoms with E-state index in [0.717, 1.165) is 35.6 Å². The lowest BCUT2D eigenvalue weighted by Gasteiger charge is -2.34. The van der Waals surface area contributed by atoms with Crippen molar-refractivity contribution < 1.29 is 4.79 Å². The zero-order valence-corrected chi connectivity index (χ0v) is 19.3. The number of nitrogens with one attached hydrogen (secondary N) is 1. The van der Waals surface area contributed by atoms with Crippen molar-refractivity contribution in [2.45, 2.75) is 75.6 Å². The topological polar surface area (TPSA) is 41.5 Å². The second-order valence-corrected chi connectivity index (χ2v) is 10.0. The quantitative estimate of drug-likeness (QED) is 0.582. The van der Waals surface area contributed by atoms with Crippen LogP contribution in [0, 0.1) is 18.8 Å². The third-order valence-electron chi connectivity index (χ3n) is 6.65.